The molecule has 0 saturated heterocycles. The highest BCUT2D eigenvalue weighted by Gasteiger charge is 2.02. The van der Waals surface area contributed by atoms with Gasteiger partial charge < -0.3 is 4.74 Å². The van der Waals surface area contributed by atoms with Crippen LogP contribution in [0, 0.1) is 17.2 Å². The van der Waals surface area contributed by atoms with Crippen LogP contribution in [0.15, 0.2) is 48.5 Å². The lowest BCUT2D eigenvalue weighted by Gasteiger charge is -2.11. The lowest BCUT2D eigenvalue weighted by Crippen LogP contribution is -2.06. The molecule has 2 heteroatoms. The van der Waals surface area contributed by atoms with E-state index in [0.717, 1.165) is 29.9 Å². The van der Waals surface area contributed by atoms with E-state index >= 15 is 0 Å². The zero-order chi connectivity index (χ0) is 16.4. The molecular formula is C20H25NO. The van der Waals surface area contributed by atoms with E-state index in [1.807, 2.05) is 62.4 Å². The number of hydrogen-bond acceptors (Lipinski definition) is 2. The Morgan fingerprint density at radius 3 is 1.91 bits per heavy atom. The van der Waals surface area contributed by atoms with Gasteiger partial charge in [-0.3, -0.25) is 0 Å². The Bertz CT molecular complexity index is 579. The maximum absolute atomic E-state index is 8.79. The predicted octanol–water partition coefficient (Wildman–Crippen LogP) is 5.68. The highest BCUT2D eigenvalue weighted by atomic mass is 16.5. The summed E-state index contributed by atoms with van der Waals surface area (Å²) in [5.74, 6) is 1.48. The Morgan fingerprint density at radius 1 is 0.955 bits per heavy atom. The van der Waals surface area contributed by atoms with E-state index in [1.54, 1.807) is 0 Å². The quantitative estimate of drug-likeness (QED) is 0.711. The molecule has 116 valence electrons. The average molecular weight is 295 g/mol. The summed E-state index contributed by atoms with van der Waals surface area (Å²) in [5.41, 5.74) is 2.92. The van der Waals surface area contributed by atoms with Gasteiger partial charge in [0.2, 0.25) is 0 Å². The van der Waals surface area contributed by atoms with Gasteiger partial charge in [0, 0.05) is 0 Å². The smallest absolute Gasteiger partial charge is 0.119 e. The van der Waals surface area contributed by atoms with Crippen LogP contribution in [0.5, 0.6) is 5.75 Å². The minimum atomic E-state index is 0.577. The van der Waals surface area contributed by atoms with Gasteiger partial charge in [-0.2, -0.15) is 5.26 Å². The summed E-state index contributed by atoms with van der Waals surface area (Å²) in [6, 6.07) is 17.8. The molecule has 0 N–H and O–H groups in total. The molecule has 2 aromatic carbocycles. The van der Waals surface area contributed by atoms with E-state index in [2.05, 4.69) is 19.9 Å². The van der Waals surface area contributed by atoms with Gasteiger partial charge in [0.15, 0.2) is 0 Å². The standard InChI is InChI=1S/C18H19NO.C2H6/c1-3-14(2)13-20-18-10-8-17(9-11-18)16-6-4-15(12-19)5-7-16;1-2/h4-11,14H,3,13H2,1-2H3;1-2H3. The SMILES string of the molecule is CC.CCC(C)COc1ccc(-c2ccc(C#N)cc2)cc1. The molecule has 0 aromatic heterocycles. The fourth-order valence-corrected chi connectivity index (χ4v) is 1.84. The molecular weight excluding hydrogens is 270 g/mol. The second-order valence-corrected chi connectivity index (χ2v) is 5.04. The van der Waals surface area contributed by atoms with Gasteiger partial charge in [0.1, 0.15) is 5.75 Å². The number of nitriles is 1. The van der Waals surface area contributed by atoms with Crippen molar-refractivity contribution in [2.24, 2.45) is 5.92 Å². The Morgan fingerprint density at radius 2 is 1.45 bits per heavy atom. The Kier molecular flexibility index (Phi) is 7.78. The van der Waals surface area contributed by atoms with Gasteiger partial charge in [0.05, 0.1) is 18.2 Å². The molecule has 0 amide bonds. The molecule has 0 bridgehead atoms. The first-order valence-corrected chi connectivity index (χ1v) is 7.96. The summed E-state index contributed by atoms with van der Waals surface area (Å²) in [5, 5.41) is 8.79. The fourth-order valence-electron chi connectivity index (χ4n) is 1.84. The summed E-state index contributed by atoms with van der Waals surface area (Å²) in [7, 11) is 0. The van der Waals surface area contributed by atoms with Crippen molar-refractivity contribution in [2.75, 3.05) is 6.61 Å². The molecule has 0 aliphatic heterocycles. The second-order valence-electron chi connectivity index (χ2n) is 5.04. The highest BCUT2D eigenvalue weighted by molar-refractivity contribution is 5.64. The van der Waals surface area contributed by atoms with E-state index in [1.165, 1.54) is 0 Å². The van der Waals surface area contributed by atoms with Crippen molar-refractivity contribution in [1.29, 1.82) is 5.26 Å². The first-order valence-electron chi connectivity index (χ1n) is 7.96. The molecule has 22 heavy (non-hydrogen) atoms. The van der Waals surface area contributed by atoms with Crippen LogP contribution in [0.4, 0.5) is 0 Å². The molecule has 2 nitrogen and oxygen atoms in total. The summed E-state index contributed by atoms with van der Waals surface area (Å²) >= 11 is 0. The van der Waals surface area contributed by atoms with Crippen molar-refractivity contribution in [2.45, 2.75) is 34.1 Å². The molecule has 0 spiro atoms. The van der Waals surface area contributed by atoms with Gasteiger partial charge in [0.25, 0.3) is 0 Å². The lowest BCUT2D eigenvalue weighted by atomic mass is 10.0. The molecule has 2 aromatic rings. The summed E-state index contributed by atoms with van der Waals surface area (Å²) < 4.78 is 5.74. The normalized spacial score (nSPS) is 10.9. The van der Waals surface area contributed by atoms with Crippen LogP contribution < -0.4 is 4.74 Å². The van der Waals surface area contributed by atoms with Crippen LogP contribution in [0.25, 0.3) is 11.1 Å². The predicted molar refractivity (Wildman–Crippen MR) is 92.9 cm³/mol. The molecule has 0 aliphatic carbocycles. The Balaban J connectivity index is 0.00000116. The van der Waals surface area contributed by atoms with Crippen LogP contribution in [0.3, 0.4) is 0 Å². The molecule has 1 atom stereocenters. The number of ether oxygens (including phenoxy) is 1. The first-order chi connectivity index (χ1) is 10.7. The summed E-state index contributed by atoms with van der Waals surface area (Å²) in [6.45, 7) is 9.11. The van der Waals surface area contributed by atoms with E-state index < -0.39 is 0 Å². The largest absolute Gasteiger partial charge is 0.493 e. The maximum atomic E-state index is 8.79. The fraction of sp³-hybridized carbons (Fsp3) is 0.350. The third-order valence-electron chi connectivity index (χ3n) is 3.43. The first kappa shape index (κ1) is 17.8. The van der Waals surface area contributed by atoms with E-state index in [-0.39, 0.29) is 0 Å². The van der Waals surface area contributed by atoms with Crippen molar-refractivity contribution in [3.63, 3.8) is 0 Å². The Hall–Kier alpha value is -2.27. The summed E-state index contributed by atoms with van der Waals surface area (Å²) in [6.07, 6.45) is 1.13. The van der Waals surface area contributed by atoms with Crippen LogP contribution >= 0.6 is 0 Å². The molecule has 1 unspecified atom stereocenters. The lowest BCUT2D eigenvalue weighted by molar-refractivity contribution is 0.256. The molecule has 0 saturated carbocycles. The third kappa shape index (κ3) is 5.26. The number of rotatable bonds is 5. The van der Waals surface area contributed by atoms with Crippen LogP contribution in [0.2, 0.25) is 0 Å². The van der Waals surface area contributed by atoms with Crippen LogP contribution in [-0.4, -0.2) is 6.61 Å². The zero-order valence-electron chi connectivity index (χ0n) is 14.0. The Labute approximate surface area is 134 Å². The van der Waals surface area contributed by atoms with Crippen molar-refractivity contribution >= 4 is 0 Å². The molecule has 0 fully saturated rings. The van der Waals surface area contributed by atoms with Crippen molar-refractivity contribution < 1.29 is 4.74 Å². The van der Waals surface area contributed by atoms with Gasteiger partial charge in [-0.15, -0.1) is 0 Å². The average Bonchev–Trinajstić information content (AvgIpc) is 2.62. The van der Waals surface area contributed by atoms with Gasteiger partial charge in [-0.25, -0.2) is 0 Å². The maximum Gasteiger partial charge on any atom is 0.119 e. The van der Waals surface area contributed by atoms with E-state index in [9.17, 15) is 0 Å². The minimum Gasteiger partial charge on any atom is -0.493 e. The number of nitrogens with zero attached hydrogens (tertiary/aromatic N) is 1. The van der Waals surface area contributed by atoms with Gasteiger partial charge in [-0.1, -0.05) is 58.4 Å². The van der Waals surface area contributed by atoms with Gasteiger partial charge >= 0.3 is 0 Å². The van der Waals surface area contributed by atoms with Crippen molar-refractivity contribution in [1.82, 2.24) is 0 Å². The van der Waals surface area contributed by atoms with Gasteiger partial charge in [-0.05, 0) is 41.3 Å². The topological polar surface area (TPSA) is 33.0 Å². The molecule has 0 radical (unpaired) electrons. The molecule has 0 aliphatic rings. The number of benzene rings is 2. The molecule has 2 rings (SSSR count). The number of hydrogen-bond donors (Lipinski definition) is 0. The minimum absolute atomic E-state index is 0.577. The zero-order valence-corrected chi connectivity index (χ0v) is 14.0. The monoisotopic (exact) mass is 295 g/mol. The van der Waals surface area contributed by atoms with Crippen molar-refractivity contribution in [3.8, 4) is 22.9 Å². The van der Waals surface area contributed by atoms with Crippen LogP contribution in [0.1, 0.15) is 39.7 Å². The third-order valence-corrected chi connectivity index (χ3v) is 3.43. The van der Waals surface area contributed by atoms with E-state index in [4.69, 9.17) is 10.00 Å². The molecule has 0 heterocycles. The van der Waals surface area contributed by atoms with E-state index in [0.29, 0.717) is 11.5 Å². The van der Waals surface area contributed by atoms with Crippen molar-refractivity contribution in [3.05, 3.63) is 54.1 Å². The highest BCUT2D eigenvalue weighted by Crippen LogP contribution is 2.23. The summed E-state index contributed by atoms with van der Waals surface area (Å²) in [4.78, 5) is 0. The van der Waals surface area contributed by atoms with Crippen LogP contribution in [-0.2, 0) is 0 Å². The second kappa shape index (κ2) is 9.63.